The van der Waals surface area contributed by atoms with Crippen LogP contribution in [-0.2, 0) is 6.61 Å². The molecule has 6 nitrogen and oxygen atoms in total. The molecule has 0 aliphatic carbocycles. The summed E-state index contributed by atoms with van der Waals surface area (Å²) >= 11 is 0. The van der Waals surface area contributed by atoms with Gasteiger partial charge in [0.2, 0.25) is 5.88 Å². The van der Waals surface area contributed by atoms with Crippen molar-refractivity contribution in [3.05, 3.63) is 58.3 Å². The van der Waals surface area contributed by atoms with Crippen molar-refractivity contribution in [3.8, 4) is 11.6 Å². The molecular weight excluding hydrogens is 260 g/mol. The van der Waals surface area contributed by atoms with E-state index in [4.69, 9.17) is 9.47 Å². The van der Waals surface area contributed by atoms with Crippen molar-refractivity contribution >= 4 is 5.69 Å². The summed E-state index contributed by atoms with van der Waals surface area (Å²) in [6, 6.07) is 9.95. The Bertz CT molecular complexity index is 587. The van der Waals surface area contributed by atoms with E-state index in [9.17, 15) is 10.1 Å². The molecule has 1 aromatic carbocycles. The van der Waals surface area contributed by atoms with Crippen LogP contribution in [-0.4, -0.2) is 16.5 Å². The molecule has 0 fully saturated rings. The SMILES string of the molecule is CCOc1cccc([N+](=O)[O-])c1COc1ccccn1. The molecule has 0 amide bonds. The highest BCUT2D eigenvalue weighted by atomic mass is 16.6. The number of benzene rings is 1. The predicted molar refractivity (Wildman–Crippen MR) is 72.8 cm³/mol. The van der Waals surface area contributed by atoms with Crippen LogP contribution in [0.2, 0.25) is 0 Å². The van der Waals surface area contributed by atoms with Gasteiger partial charge in [0.15, 0.2) is 0 Å². The van der Waals surface area contributed by atoms with Crippen molar-refractivity contribution in [2.75, 3.05) is 6.61 Å². The van der Waals surface area contributed by atoms with Gasteiger partial charge in [-0.1, -0.05) is 12.1 Å². The van der Waals surface area contributed by atoms with Crippen LogP contribution in [0, 0.1) is 10.1 Å². The summed E-state index contributed by atoms with van der Waals surface area (Å²) in [5, 5.41) is 11.1. The maximum absolute atomic E-state index is 11.1. The van der Waals surface area contributed by atoms with Gasteiger partial charge in [0.25, 0.3) is 5.69 Å². The molecule has 0 bridgehead atoms. The molecule has 2 rings (SSSR count). The van der Waals surface area contributed by atoms with Crippen LogP contribution in [0.3, 0.4) is 0 Å². The van der Waals surface area contributed by atoms with Crippen LogP contribution < -0.4 is 9.47 Å². The summed E-state index contributed by atoms with van der Waals surface area (Å²) in [4.78, 5) is 14.6. The zero-order valence-corrected chi connectivity index (χ0v) is 11.0. The molecule has 104 valence electrons. The molecule has 0 unspecified atom stereocenters. The summed E-state index contributed by atoms with van der Waals surface area (Å²) in [5.74, 6) is 0.866. The topological polar surface area (TPSA) is 74.5 Å². The zero-order chi connectivity index (χ0) is 14.4. The lowest BCUT2D eigenvalue weighted by atomic mass is 10.1. The fourth-order valence-electron chi connectivity index (χ4n) is 1.74. The molecule has 20 heavy (non-hydrogen) atoms. The van der Waals surface area contributed by atoms with E-state index in [1.54, 1.807) is 36.5 Å². The molecule has 0 spiro atoms. The first-order valence-electron chi connectivity index (χ1n) is 6.15. The normalized spacial score (nSPS) is 10.1. The minimum Gasteiger partial charge on any atom is -0.493 e. The van der Waals surface area contributed by atoms with Gasteiger partial charge in [-0.25, -0.2) is 4.98 Å². The number of ether oxygens (including phenoxy) is 2. The van der Waals surface area contributed by atoms with Crippen LogP contribution in [0.5, 0.6) is 11.6 Å². The maximum atomic E-state index is 11.1. The first-order valence-corrected chi connectivity index (χ1v) is 6.15. The Morgan fingerprint density at radius 1 is 1.20 bits per heavy atom. The molecule has 0 saturated carbocycles. The van der Waals surface area contributed by atoms with Gasteiger partial charge in [0.05, 0.1) is 11.5 Å². The summed E-state index contributed by atoms with van der Waals surface area (Å²) in [5.41, 5.74) is 0.386. The minimum absolute atomic E-state index is 0.0214. The van der Waals surface area contributed by atoms with Gasteiger partial charge in [0, 0.05) is 18.3 Å². The van der Waals surface area contributed by atoms with Crippen LogP contribution in [0.15, 0.2) is 42.6 Å². The average molecular weight is 274 g/mol. The van der Waals surface area contributed by atoms with Crippen molar-refractivity contribution in [2.45, 2.75) is 13.5 Å². The largest absolute Gasteiger partial charge is 0.493 e. The molecule has 0 saturated heterocycles. The van der Waals surface area contributed by atoms with Gasteiger partial charge >= 0.3 is 0 Å². The lowest BCUT2D eigenvalue weighted by Gasteiger charge is -2.11. The molecule has 1 heterocycles. The fraction of sp³-hybridized carbons (Fsp3) is 0.214. The molecule has 6 heteroatoms. The number of hydrogen-bond acceptors (Lipinski definition) is 5. The fourth-order valence-corrected chi connectivity index (χ4v) is 1.74. The van der Waals surface area contributed by atoms with E-state index in [-0.39, 0.29) is 12.3 Å². The molecule has 0 aliphatic rings. The molecular formula is C14H14N2O4. The zero-order valence-electron chi connectivity index (χ0n) is 11.0. The summed E-state index contributed by atoms with van der Waals surface area (Å²) in [6.07, 6.45) is 1.60. The third-order valence-corrected chi connectivity index (χ3v) is 2.61. The molecule has 0 radical (unpaired) electrons. The second-order valence-corrected chi connectivity index (χ2v) is 3.90. The first kappa shape index (κ1) is 13.8. The Morgan fingerprint density at radius 2 is 2.05 bits per heavy atom. The van der Waals surface area contributed by atoms with Gasteiger partial charge in [0.1, 0.15) is 17.9 Å². The van der Waals surface area contributed by atoms with Crippen molar-refractivity contribution in [1.82, 2.24) is 4.98 Å². The van der Waals surface area contributed by atoms with E-state index in [2.05, 4.69) is 4.98 Å². The number of pyridine rings is 1. The number of nitro groups is 1. The van der Waals surface area contributed by atoms with Crippen molar-refractivity contribution in [3.63, 3.8) is 0 Å². The number of hydrogen-bond donors (Lipinski definition) is 0. The van der Waals surface area contributed by atoms with Crippen LogP contribution in [0.4, 0.5) is 5.69 Å². The summed E-state index contributed by atoms with van der Waals surface area (Å²) in [7, 11) is 0. The van der Waals surface area contributed by atoms with Crippen LogP contribution in [0.25, 0.3) is 0 Å². The molecule has 0 N–H and O–H groups in total. The second-order valence-electron chi connectivity index (χ2n) is 3.90. The van der Waals surface area contributed by atoms with Gasteiger partial charge in [-0.2, -0.15) is 0 Å². The van der Waals surface area contributed by atoms with Gasteiger partial charge in [-0.15, -0.1) is 0 Å². The van der Waals surface area contributed by atoms with E-state index in [0.717, 1.165) is 0 Å². The lowest BCUT2D eigenvalue weighted by molar-refractivity contribution is -0.385. The summed E-state index contributed by atoms with van der Waals surface area (Å²) < 4.78 is 10.9. The van der Waals surface area contributed by atoms with E-state index in [0.29, 0.717) is 23.8 Å². The Morgan fingerprint density at radius 3 is 2.70 bits per heavy atom. The van der Waals surface area contributed by atoms with E-state index >= 15 is 0 Å². The van der Waals surface area contributed by atoms with Crippen molar-refractivity contribution in [2.24, 2.45) is 0 Å². The van der Waals surface area contributed by atoms with E-state index in [1.807, 2.05) is 6.92 Å². The first-order chi connectivity index (χ1) is 9.72. The summed E-state index contributed by atoms with van der Waals surface area (Å²) in [6.45, 7) is 2.28. The maximum Gasteiger partial charge on any atom is 0.279 e. The second kappa shape index (κ2) is 6.51. The van der Waals surface area contributed by atoms with Crippen LogP contribution in [0.1, 0.15) is 12.5 Å². The number of rotatable bonds is 6. The molecule has 0 aliphatic heterocycles. The molecule has 1 aromatic heterocycles. The Balaban J connectivity index is 2.26. The lowest BCUT2D eigenvalue weighted by Crippen LogP contribution is -2.05. The quantitative estimate of drug-likeness (QED) is 0.598. The number of nitro benzene ring substituents is 1. The molecule has 2 aromatic rings. The van der Waals surface area contributed by atoms with Crippen molar-refractivity contribution < 1.29 is 14.4 Å². The monoisotopic (exact) mass is 274 g/mol. The van der Waals surface area contributed by atoms with E-state index in [1.165, 1.54) is 6.07 Å². The highest BCUT2D eigenvalue weighted by molar-refractivity contribution is 5.49. The van der Waals surface area contributed by atoms with Crippen LogP contribution >= 0.6 is 0 Å². The Labute approximate surface area is 116 Å². The smallest absolute Gasteiger partial charge is 0.279 e. The Kier molecular flexibility index (Phi) is 4.49. The van der Waals surface area contributed by atoms with Gasteiger partial charge in [-0.3, -0.25) is 10.1 Å². The highest BCUT2D eigenvalue weighted by Gasteiger charge is 2.19. The van der Waals surface area contributed by atoms with Crippen molar-refractivity contribution in [1.29, 1.82) is 0 Å². The number of aromatic nitrogens is 1. The predicted octanol–water partition coefficient (Wildman–Crippen LogP) is 2.97. The van der Waals surface area contributed by atoms with E-state index < -0.39 is 4.92 Å². The number of nitrogens with zero attached hydrogens (tertiary/aromatic N) is 2. The third-order valence-electron chi connectivity index (χ3n) is 2.61. The highest BCUT2D eigenvalue weighted by Crippen LogP contribution is 2.29. The Hall–Kier alpha value is -2.63. The third kappa shape index (κ3) is 3.23. The van der Waals surface area contributed by atoms with Gasteiger partial charge in [-0.05, 0) is 19.1 Å². The van der Waals surface area contributed by atoms with Gasteiger partial charge < -0.3 is 9.47 Å². The average Bonchev–Trinajstić information content (AvgIpc) is 2.47. The standard InChI is InChI=1S/C14H14N2O4/c1-2-19-13-7-5-6-12(16(17)18)11(13)10-20-14-8-3-4-9-15-14/h3-9H,2,10H2,1H3. The minimum atomic E-state index is -0.445. The molecule has 0 atom stereocenters.